The third kappa shape index (κ3) is 4.18. The second-order valence-electron chi connectivity index (χ2n) is 5.46. The van der Waals surface area contributed by atoms with E-state index in [-0.39, 0.29) is 0 Å². The fraction of sp³-hybridized carbons (Fsp3) is 0.412. The van der Waals surface area contributed by atoms with Crippen molar-refractivity contribution in [1.29, 1.82) is 0 Å². The van der Waals surface area contributed by atoms with Crippen molar-refractivity contribution in [3.05, 3.63) is 47.2 Å². The van der Waals surface area contributed by atoms with Gasteiger partial charge in [-0.05, 0) is 30.9 Å². The van der Waals surface area contributed by atoms with Crippen LogP contribution in [0.4, 0.5) is 11.8 Å². The van der Waals surface area contributed by atoms with Gasteiger partial charge in [0.1, 0.15) is 5.82 Å². The molecule has 4 nitrogen and oxygen atoms in total. The van der Waals surface area contributed by atoms with E-state index in [9.17, 15) is 0 Å². The van der Waals surface area contributed by atoms with E-state index >= 15 is 0 Å². The largest absolute Gasteiger partial charge is 0.366 e. The van der Waals surface area contributed by atoms with Gasteiger partial charge in [-0.15, -0.1) is 0 Å². The van der Waals surface area contributed by atoms with Crippen LogP contribution in [0.15, 0.2) is 30.3 Å². The molecule has 0 bridgehead atoms. The minimum absolute atomic E-state index is 0.521. The summed E-state index contributed by atoms with van der Waals surface area (Å²) in [5.74, 6) is 2.06. The van der Waals surface area contributed by atoms with Crippen LogP contribution in [0, 0.1) is 6.92 Å². The molecule has 1 heterocycles. The van der Waals surface area contributed by atoms with Crippen molar-refractivity contribution in [2.75, 3.05) is 17.2 Å². The Kier molecular flexibility index (Phi) is 5.14. The van der Waals surface area contributed by atoms with Gasteiger partial charge in [-0.2, -0.15) is 4.98 Å². The van der Waals surface area contributed by atoms with E-state index in [2.05, 4.69) is 58.7 Å². The van der Waals surface area contributed by atoms with Crippen LogP contribution in [-0.2, 0) is 6.54 Å². The average molecular weight is 284 g/mol. The lowest BCUT2D eigenvalue weighted by Gasteiger charge is -2.14. The van der Waals surface area contributed by atoms with Gasteiger partial charge in [0.15, 0.2) is 0 Å². The maximum atomic E-state index is 4.48. The molecular weight excluding hydrogens is 260 g/mol. The predicted octanol–water partition coefficient (Wildman–Crippen LogP) is 3.95. The zero-order chi connectivity index (χ0) is 15.2. The normalized spacial score (nSPS) is 10.7. The predicted molar refractivity (Wildman–Crippen MR) is 88.8 cm³/mol. The third-order valence-corrected chi connectivity index (χ3v) is 3.33. The summed E-state index contributed by atoms with van der Waals surface area (Å²) in [6.45, 7) is 10.1. The van der Waals surface area contributed by atoms with Gasteiger partial charge in [0, 0.05) is 24.8 Å². The molecule has 0 saturated heterocycles. The maximum Gasteiger partial charge on any atom is 0.224 e. The molecule has 0 fully saturated rings. The Morgan fingerprint density at radius 1 is 1.10 bits per heavy atom. The highest BCUT2D eigenvalue weighted by Gasteiger charge is 2.06. The Morgan fingerprint density at radius 3 is 2.57 bits per heavy atom. The van der Waals surface area contributed by atoms with Gasteiger partial charge < -0.3 is 10.6 Å². The molecule has 2 aromatic rings. The fourth-order valence-corrected chi connectivity index (χ4v) is 2.34. The number of aryl methyl sites for hydroxylation is 1. The van der Waals surface area contributed by atoms with Crippen LogP contribution in [0.1, 0.15) is 43.5 Å². The molecule has 0 radical (unpaired) electrons. The van der Waals surface area contributed by atoms with E-state index in [1.165, 1.54) is 11.1 Å². The first-order chi connectivity index (χ1) is 10.1. The van der Waals surface area contributed by atoms with Gasteiger partial charge in [-0.1, -0.05) is 38.1 Å². The number of hydrogen-bond acceptors (Lipinski definition) is 4. The molecule has 2 N–H and O–H groups in total. The SMILES string of the molecule is CCNc1nc(C)cc(NCc2ccccc2C(C)C)n1. The Hall–Kier alpha value is -2.10. The Bertz CT molecular complexity index is 593. The summed E-state index contributed by atoms with van der Waals surface area (Å²) in [5, 5.41) is 6.56. The van der Waals surface area contributed by atoms with Crippen molar-refractivity contribution in [3.63, 3.8) is 0 Å². The average Bonchev–Trinajstić information content (AvgIpc) is 2.45. The summed E-state index contributed by atoms with van der Waals surface area (Å²) in [5.41, 5.74) is 3.65. The molecule has 1 aromatic carbocycles. The van der Waals surface area contributed by atoms with Gasteiger partial charge in [0.25, 0.3) is 0 Å². The van der Waals surface area contributed by atoms with Crippen molar-refractivity contribution in [3.8, 4) is 0 Å². The maximum absolute atomic E-state index is 4.48. The number of nitrogens with one attached hydrogen (secondary N) is 2. The highest BCUT2D eigenvalue weighted by Crippen LogP contribution is 2.20. The molecule has 0 saturated carbocycles. The molecule has 0 atom stereocenters. The van der Waals surface area contributed by atoms with E-state index in [4.69, 9.17) is 0 Å². The number of aromatic nitrogens is 2. The molecule has 0 amide bonds. The molecule has 1 aromatic heterocycles. The summed E-state index contributed by atoms with van der Waals surface area (Å²) in [6, 6.07) is 10.5. The van der Waals surface area contributed by atoms with Crippen LogP contribution in [0.25, 0.3) is 0 Å². The van der Waals surface area contributed by atoms with Crippen LogP contribution in [-0.4, -0.2) is 16.5 Å². The number of anilines is 2. The highest BCUT2D eigenvalue weighted by atomic mass is 15.1. The summed E-state index contributed by atoms with van der Waals surface area (Å²) >= 11 is 0. The van der Waals surface area contributed by atoms with Crippen LogP contribution >= 0.6 is 0 Å². The first kappa shape index (κ1) is 15.3. The lowest BCUT2D eigenvalue weighted by atomic mass is 9.97. The minimum Gasteiger partial charge on any atom is -0.366 e. The van der Waals surface area contributed by atoms with Crippen LogP contribution in [0.2, 0.25) is 0 Å². The number of rotatable bonds is 6. The topological polar surface area (TPSA) is 49.8 Å². The highest BCUT2D eigenvalue weighted by molar-refractivity contribution is 5.43. The quantitative estimate of drug-likeness (QED) is 0.843. The lowest BCUT2D eigenvalue weighted by molar-refractivity contribution is 0.845. The van der Waals surface area contributed by atoms with Crippen LogP contribution in [0.5, 0.6) is 0 Å². The second-order valence-corrected chi connectivity index (χ2v) is 5.46. The fourth-order valence-electron chi connectivity index (χ4n) is 2.34. The number of benzene rings is 1. The summed E-state index contributed by atoms with van der Waals surface area (Å²) in [7, 11) is 0. The van der Waals surface area contributed by atoms with Gasteiger partial charge in [0.2, 0.25) is 5.95 Å². The molecule has 2 rings (SSSR count). The van der Waals surface area contributed by atoms with Gasteiger partial charge in [-0.3, -0.25) is 0 Å². The second kappa shape index (κ2) is 7.07. The van der Waals surface area contributed by atoms with Crippen molar-refractivity contribution in [2.24, 2.45) is 0 Å². The van der Waals surface area contributed by atoms with Crippen LogP contribution < -0.4 is 10.6 Å². The van der Waals surface area contributed by atoms with E-state index in [0.29, 0.717) is 11.9 Å². The molecule has 0 unspecified atom stereocenters. The lowest BCUT2D eigenvalue weighted by Crippen LogP contribution is -2.08. The molecule has 0 aliphatic heterocycles. The van der Waals surface area contributed by atoms with E-state index < -0.39 is 0 Å². The molecule has 0 aliphatic rings. The molecule has 0 aliphatic carbocycles. The standard InChI is InChI=1S/C17H24N4/c1-5-18-17-20-13(4)10-16(21-17)19-11-14-8-6-7-9-15(14)12(2)3/h6-10,12H,5,11H2,1-4H3,(H2,18,19,20,21). The summed E-state index contributed by atoms with van der Waals surface area (Å²) in [4.78, 5) is 8.84. The molecule has 112 valence electrons. The zero-order valence-electron chi connectivity index (χ0n) is 13.3. The van der Waals surface area contributed by atoms with Crippen molar-refractivity contribution in [1.82, 2.24) is 9.97 Å². The van der Waals surface area contributed by atoms with Gasteiger partial charge in [-0.25, -0.2) is 4.98 Å². The number of hydrogen-bond donors (Lipinski definition) is 2. The minimum atomic E-state index is 0.521. The van der Waals surface area contributed by atoms with Crippen molar-refractivity contribution < 1.29 is 0 Å². The van der Waals surface area contributed by atoms with Gasteiger partial charge in [0.05, 0.1) is 0 Å². The molecular formula is C17H24N4. The first-order valence-corrected chi connectivity index (χ1v) is 7.51. The summed E-state index contributed by atoms with van der Waals surface area (Å²) in [6.07, 6.45) is 0. The Labute approximate surface area is 127 Å². The Morgan fingerprint density at radius 2 is 1.86 bits per heavy atom. The first-order valence-electron chi connectivity index (χ1n) is 7.51. The van der Waals surface area contributed by atoms with E-state index in [0.717, 1.165) is 24.6 Å². The van der Waals surface area contributed by atoms with Crippen molar-refractivity contribution >= 4 is 11.8 Å². The summed E-state index contributed by atoms with van der Waals surface area (Å²) < 4.78 is 0. The number of nitrogens with zero attached hydrogens (tertiary/aromatic N) is 2. The van der Waals surface area contributed by atoms with E-state index in [1.807, 2.05) is 19.9 Å². The Balaban J connectivity index is 2.13. The monoisotopic (exact) mass is 284 g/mol. The zero-order valence-corrected chi connectivity index (χ0v) is 13.3. The van der Waals surface area contributed by atoms with Gasteiger partial charge >= 0.3 is 0 Å². The third-order valence-electron chi connectivity index (χ3n) is 3.33. The smallest absolute Gasteiger partial charge is 0.224 e. The molecule has 21 heavy (non-hydrogen) atoms. The molecule has 0 spiro atoms. The van der Waals surface area contributed by atoms with Crippen LogP contribution in [0.3, 0.4) is 0 Å². The molecule has 4 heteroatoms. The van der Waals surface area contributed by atoms with Crippen molar-refractivity contribution in [2.45, 2.75) is 40.2 Å². The van der Waals surface area contributed by atoms with E-state index in [1.54, 1.807) is 0 Å².